The van der Waals surface area contributed by atoms with Crippen molar-refractivity contribution in [3.8, 4) is 28.1 Å². The highest BCUT2D eigenvalue weighted by Gasteiger charge is 2.14. The largest absolute Gasteiger partial charge is 0.481 e. The molecule has 0 bridgehead atoms. The first-order chi connectivity index (χ1) is 20.0. The number of benzene rings is 3. The van der Waals surface area contributed by atoms with Gasteiger partial charge in [-0.25, -0.2) is 14.8 Å². The highest BCUT2D eigenvalue weighted by molar-refractivity contribution is 7.18. The van der Waals surface area contributed by atoms with Crippen molar-refractivity contribution >= 4 is 44.9 Å². The van der Waals surface area contributed by atoms with E-state index in [0.717, 1.165) is 43.9 Å². The fraction of sp³-hybridized carbons (Fsp3) is 0.0625. The van der Waals surface area contributed by atoms with E-state index in [0.29, 0.717) is 17.8 Å². The van der Waals surface area contributed by atoms with Gasteiger partial charge < -0.3 is 20.3 Å². The molecule has 0 saturated carbocycles. The van der Waals surface area contributed by atoms with E-state index >= 15 is 0 Å². The van der Waals surface area contributed by atoms with Crippen LogP contribution in [0, 0.1) is 0 Å². The van der Waals surface area contributed by atoms with Crippen molar-refractivity contribution in [2.24, 2.45) is 0 Å². The minimum Gasteiger partial charge on any atom is -0.481 e. The number of carbonyl (C=O) groups excluding carboxylic acids is 1. The number of carboxylic acid groups (broad SMARTS) is 1. The van der Waals surface area contributed by atoms with Gasteiger partial charge in [-0.1, -0.05) is 36.4 Å². The normalized spacial score (nSPS) is 10.9. The van der Waals surface area contributed by atoms with E-state index in [4.69, 9.17) is 5.11 Å². The third-order valence-corrected chi connectivity index (χ3v) is 7.67. The number of carbonyl (C=O) groups is 2. The zero-order valence-electron chi connectivity index (χ0n) is 21.8. The lowest BCUT2D eigenvalue weighted by Gasteiger charge is -2.10. The Balaban J connectivity index is 1.14. The van der Waals surface area contributed by atoms with E-state index in [1.54, 1.807) is 17.7 Å². The summed E-state index contributed by atoms with van der Waals surface area (Å²) in [6.45, 7) is 0. The van der Waals surface area contributed by atoms with Gasteiger partial charge in [0.1, 0.15) is 6.33 Å². The van der Waals surface area contributed by atoms with Gasteiger partial charge >= 0.3 is 12.0 Å². The number of amides is 2. The molecule has 0 fully saturated rings. The molecule has 3 aromatic heterocycles. The second kappa shape index (κ2) is 11.4. The third-order valence-electron chi connectivity index (χ3n) is 6.69. The molecule has 3 heterocycles. The van der Waals surface area contributed by atoms with Gasteiger partial charge in [0.2, 0.25) is 0 Å². The SMILES string of the molecule is O=C(O)CCc1ccc(-c2csc3c(-c4ccc(NC(=O)Nc5ccc(-n6cccc6)cc5)cc4)ncnc23)cc1. The Morgan fingerprint density at radius 3 is 2.10 bits per heavy atom. The number of rotatable bonds is 8. The van der Waals surface area contributed by atoms with Crippen LogP contribution < -0.4 is 10.6 Å². The van der Waals surface area contributed by atoms with Gasteiger partial charge in [0, 0.05) is 52.4 Å². The number of fused-ring (bicyclic) bond motifs is 1. The molecule has 0 aliphatic heterocycles. The molecule has 6 rings (SSSR count). The fourth-order valence-electron chi connectivity index (χ4n) is 4.59. The maximum absolute atomic E-state index is 12.6. The Morgan fingerprint density at radius 1 is 0.805 bits per heavy atom. The van der Waals surface area contributed by atoms with Gasteiger partial charge in [-0.2, -0.15) is 0 Å². The van der Waals surface area contributed by atoms with Crippen molar-refractivity contribution in [3.05, 3.63) is 115 Å². The summed E-state index contributed by atoms with van der Waals surface area (Å²) in [5.74, 6) is -0.802. The zero-order chi connectivity index (χ0) is 28.2. The van der Waals surface area contributed by atoms with Crippen LogP contribution >= 0.6 is 11.3 Å². The Labute approximate surface area is 240 Å². The Bertz CT molecular complexity index is 1810. The minimum atomic E-state index is -0.802. The van der Waals surface area contributed by atoms with E-state index in [-0.39, 0.29) is 12.5 Å². The standard InChI is InChI=1S/C32H25N5O3S/c38-28(39)16-5-21-3-6-22(7-4-21)27-19-41-31-29(33-20-34-30(27)31)23-8-10-24(11-9-23)35-32(40)36-25-12-14-26(15-13-25)37-17-1-2-18-37/h1-4,6-15,17-20H,5,16H2,(H,38,39)(H2,35,36,40). The van der Waals surface area contributed by atoms with Crippen LogP contribution in [0.5, 0.6) is 0 Å². The molecule has 3 N–H and O–H groups in total. The average molecular weight is 560 g/mol. The summed E-state index contributed by atoms with van der Waals surface area (Å²) >= 11 is 1.58. The van der Waals surface area contributed by atoms with Crippen LogP contribution in [0.1, 0.15) is 12.0 Å². The number of hydrogen-bond donors (Lipinski definition) is 3. The van der Waals surface area contributed by atoms with Crippen molar-refractivity contribution < 1.29 is 14.7 Å². The van der Waals surface area contributed by atoms with Crippen LogP contribution in [0.2, 0.25) is 0 Å². The molecule has 8 nitrogen and oxygen atoms in total. The van der Waals surface area contributed by atoms with Gasteiger partial charge in [0.05, 0.1) is 15.9 Å². The second-order valence-electron chi connectivity index (χ2n) is 9.43. The Morgan fingerprint density at radius 2 is 1.44 bits per heavy atom. The lowest BCUT2D eigenvalue weighted by Crippen LogP contribution is -2.19. The molecule has 0 atom stereocenters. The molecular formula is C32H25N5O3S. The van der Waals surface area contributed by atoms with Crippen LogP contribution in [-0.4, -0.2) is 31.6 Å². The van der Waals surface area contributed by atoms with Gasteiger partial charge in [-0.15, -0.1) is 11.3 Å². The van der Waals surface area contributed by atoms with Crippen LogP contribution in [-0.2, 0) is 11.2 Å². The molecule has 2 amide bonds. The van der Waals surface area contributed by atoms with E-state index in [9.17, 15) is 9.59 Å². The smallest absolute Gasteiger partial charge is 0.323 e. The number of carboxylic acids is 1. The minimum absolute atomic E-state index is 0.111. The molecule has 0 aliphatic carbocycles. The summed E-state index contributed by atoms with van der Waals surface area (Å²) in [6, 6.07) is 26.7. The van der Waals surface area contributed by atoms with E-state index in [1.807, 2.05) is 102 Å². The predicted octanol–water partition coefficient (Wildman–Crippen LogP) is 7.48. The molecule has 6 aromatic rings. The molecule has 0 spiro atoms. The van der Waals surface area contributed by atoms with E-state index in [2.05, 4.69) is 26.0 Å². The quantitative estimate of drug-likeness (QED) is 0.179. The molecule has 9 heteroatoms. The van der Waals surface area contributed by atoms with Crippen molar-refractivity contribution in [2.75, 3.05) is 10.6 Å². The summed E-state index contributed by atoms with van der Waals surface area (Å²) < 4.78 is 2.97. The third kappa shape index (κ3) is 5.85. The number of nitrogens with zero attached hydrogens (tertiary/aromatic N) is 3. The second-order valence-corrected chi connectivity index (χ2v) is 10.3. The molecule has 0 aliphatic rings. The lowest BCUT2D eigenvalue weighted by atomic mass is 10.0. The van der Waals surface area contributed by atoms with Crippen LogP contribution in [0.25, 0.3) is 38.3 Å². The number of nitrogens with one attached hydrogen (secondary N) is 2. The average Bonchev–Trinajstić information content (AvgIpc) is 3.68. The Hall–Kier alpha value is -5.28. The molecule has 0 radical (unpaired) electrons. The number of urea groups is 1. The van der Waals surface area contributed by atoms with E-state index in [1.165, 1.54) is 0 Å². The van der Waals surface area contributed by atoms with Crippen LogP contribution in [0.3, 0.4) is 0 Å². The highest BCUT2D eigenvalue weighted by Crippen LogP contribution is 2.37. The number of thiophene rings is 1. The van der Waals surface area contributed by atoms with Crippen molar-refractivity contribution in [3.63, 3.8) is 0 Å². The molecule has 0 saturated heterocycles. The summed E-state index contributed by atoms with van der Waals surface area (Å²) in [4.78, 5) is 32.5. The molecule has 3 aromatic carbocycles. The van der Waals surface area contributed by atoms with E-state index < -0.39 is 5.97 Å². The van der Waals surface area contributed by atoms with Gasteiger partial charge in [0.15, 0.2) is 0 Å². The van der Waals surface area contributed by atoms with Crippen molar-refractivity contribution in [1.82, 2.24) is 14.5 Å². The van der Waals surface area contributed by atoms with Crippen molar-refractivity contribution in [2.45, 2.75) is 12.8 Å². The summed E-state index contributed by atoms with van der Waals surface area (Å²) in [5, 5.41) is 16.7. The summed E-state index contributed by atoms with van der Waals surface area (Å²) in [5.41, 5.74) is 7.99. The first kappa shape index (κ1) is 26.0. The highest BCUT2D eigenvalue weighted by atomic mass is 32.1. The first-order valence-corrected chi connectivity index (χ1v) is 13.9. The number of aromatic nitrogens is 3. The molecular weight excluding hydrogens is 534 g/mol. The van der Waals surface area contributed by atoms with Gasteiger partial charge in [-0.3, -0.25) is 4.79 Å². The lowest BCUT2D eigenvalue weighted by molar-refractivity contribution is -0.136. The van der Waals surface area contributed by atoms with Crippen LogP contribution in [0.15, 0.2) is 109 Å². The number of hydrogen-bond acceptors (Lipinski definition) is 5. The molecule has 202 valence electrons. The predicted molar refractivity (Wildman–Crippen MR) is 163 cm³/mol. The van der Waals surface area contributed by atoms with Gasteiger partial charge in [0.25, 0.3) is 0 Å². The molecule has 0 unspecified atom stereocenters. The first-order valence-electron chi connectivity index (χ1n) is 13.0. The molecule has 41 heavy (non-hydrogen) atoms. The van der Waals surface area contributed by atoms with Crippen molar-refractivity contribution in [1.29, 1.82) is 0 Å². The zero-order valence-corrected chi connectivity index (χ0v) is 22.6. The fourth-order valence-corrected chi connectivity index (χ4v) is 5.63. The maximum atomic E-state index is 12.6. The maximum Gasteiger partial charge on any atom is 0.323 e. The summed E-state index contributed by atoms with van der Waals surface area (Å²) in [6.07, 6.45) is 6.11. The summed E-state index contributed by atoms with van der Waals surface area (Å²) in [7, 11) is 0. The van der Waals surface area contributed by atoms with Crippen LogP contribution in [0.4, 0.5) is 16.2 Å². The number of aliphatic carboxylic acids is 1. The monoisotopic (exact) mass is 559 g/mol. The Kier molecular flexibility index (Phi) is 7.25. The van der Waals surface area contributed by atoms with Gasteiger partial charge in [-0.05, 0) is 66.1 Å². The topological polar surface area (TPSA) is 109 Å². The number of aryl methyl sites for hydroxylation is 1. The number of anilines is 2.